The molecule has 1 saturated heterocycles. The minimum absolute atomic E-state index is 0.212. The summed E-state index contributed by atoms with van der Waals surface area (Å²) in [5.41, 5.74) is 0.900. The molecule has 0 amide bonds. The van der Waals surface area contributed by atoms with Crippen LogP contribution in [0.4, 0.5) is 0 Å². The fraction of sp³-hybridized carbons (Fsp3) is 0.750. The Hall–Kier alpha value is -0.870. The van der Waals surface area contributed by atoms with Crippen molar-refractivity contribution >= 4 is 0 Å². The van der Waals surface area contributed by atoms with Gasteiger partial charge in [-0.3, -0.25) is 4.68 Å². The SMILES string of the molecule is CCn1nccc1C(O)CC1CCCCO1. The van der Waals surface area contributed by atoms with Gasteiger partial charge in [-0.05, 0) is 32.3 Å². The van der Waals surface area contributed by atoms with Crippen molar-refractivity contribution in [2.45, 2.75) is 51.4 Å². The predicted molar refractivity (Wildman–Crippen MR) is 61.1 cm³/mol. The molecule has 2 unspecified atom stereocenters. The minimum atomic E-state index is -0.453. The van der Waals surface area contributed by atoms with Crippen molar-refractivity contribution in [3.05, 3.63) is 18.0 Å². The van der Waals surface area contributed by atoms with Gasteiger partial charge in [-0.1, -0.05) is 0 Å². The molecule has 1 aromatic rings. The molecule has 0 radical (unpaired) electrons. The Morgan fingerprint density at radius 3 is 3.19 bits per heavy atom. The van der Waals surface area contributed by atoms with Gasteiger partial charge in [0.1, 0.15) is 0 Å². The van der Waals surface area contributed by atoms with Crippen molar-refractivity contribution in [2.24, 2.45) is 0 Å². The highest BCUT2D eigenvalue weighted by molar-refractivity contribution is 5.04. The fourth-order valence-electron chi connectivity index (χ4n) is 2.25. The van der Waals surface area contributed by atoms with Gasteiger partial charge in [-0.15, -0.1) is 0 Å². The Morgan fingerprint density at radius 2 is 2.50 bits per heavy atom. The maximum absolute atomic E-state index is 10.1. The van der Waals surface area contributed by atoms with Crippen LogP contribution >= 0.6 is 0 Å². The maximum Gasteiger partial charge on any atom is 0.0981 e. The van der Waals surface area contributed by atoms with Crippen LogP contribution in [0.5, 0.6) is 0 Å². The number of hydrogen-bond donors (Lipinski definition) is 1. The average molecular weight is 224 g/mol. The van der Waals surface area contributed by atoms with Gasteiger partial charge in [0.15, 0.2) is 0 Å². The molecule has 0 aliphatic carbocycles. The summed E-state index contributed by atoms with van der Waals surface area (Å²) >= 11 is 0. The van der Waals surface area contributed by atoms with Gasteiger partial charge >= 0.3 is 0 Å². The van der Waals surface area contributed by atoms with Crippen LogP contribution in [-0.2, 0) is 11.3 Å². The van der Waals surface area contributed by atoms with Gasteiger partial charge in [0, 0.05) is 25.8 Å². The molecule has 1 aromatic heterocycles. The smallest absolute Gasteiger partial charge is 0.0981 e. The normalized spacial score (nSPS) is 23.2. The van der Waals surface area contributed by atoms with E-state index in [4.69, 9.17) is 4.74 Å². The summed E-state index contributed by atoms with van der Waals surface area (Å²) in [5, 5.41) is 14.3. The summed E-state index contributed by atoms with van der Waals surface area (Å²) in [4.78, 5) is 0. The Labute approximate surface area is 96.2 Å². The zero-order valence-corrected chi connectivity index (χ0v) is 9.80. The highest BCUT2D eigenvalue weighted by Crippen LogP contribution is 2.24. The van der Waals surface area contributed by atoms with Crippen LogP contribution in [0.1, 0.15) is 44.4 Å². The predicted octanol–water partition coefficient (Wildman–Crippen LogP) is 1.90. The van der Waals surface area contributed by atoms with Crippen LogP contribution in [0.15, 0.2) is 12.3 Å². The molecular weight excluding hydrogens is 204 g/mol. The van der Waals surface area contributed by atoms with Crippen LogP contribution in [0.2, 0.25) is 0 Å². The first kappa shape index (κ1) is 11.6. The monoisotopic (exact) mass is 224 g/mol. The molecule has 1 N–H and O–H groups in total. The van der Waals surface area contributed by atoms with Crippen LogP contribution in [0.25, 0.3) is 0 Å². The lowest BCUT2D eigenvalue weighted by Gasteiger charge is -2.24. The Bertz CT molecular complexity index is 319. The first-order valence-corrected chi connectivity index (χ1v) is 6.12. The van der Waals surface area contributed by atoms with E-state index in [0.29, 0.717) is 6.42 Å². The van der Waals surface area contributed by atoms with Crippen LogP contribution < -0.4 is 0 Å². The van der Waals surface area contributed by atoms with E-state index in [9.17, 15) is 5.11 Å². The topological polar surface area (TPSA) is 47.3 Å². The number of rotatable bonds is 4. The second kappa shape index (κ2) is 5.46. The summed E-state index contributed by atoms with van der Waals surface area (Å²) in [6, 6.07) is 1.89. The molecule has 0 bridgehead atoms. The first-order chi connectivity index (χ1) is 7.81. The highest BCUT2D eigenvalue weighted by atomic mass is 16.5. The third kappa shape index (κ3) is 2.62. The third-order valence-electron chi connectivity index (χ3n) is 3.15. The van der Waals surface area contributed by atoms with Crippen molar-refractivity contribution in [1.29, 1.82) is 0 Å². The molecule has 90 valence electrons. The number of aliphatic hydroxyl groups excluding tert-OH is 1. The van der Waals surface area contributed by atoms with Crippen LogP contribution in [-0.4, -0.2) is 27.6 Å². The van der Waals surface area contributed by atoms with E-state index in [1.54, 1.807) is 6.20 Å². The quantitative estimate of drug-likeness (QED) is 0.849. The largest absolute Gasteiger partial charge is 0.387 e. The molecule has 0 saturated carbocycles. The van der Waals surface area contributed by atoms with Crippen molar-refractivity contribution in [1.82, 2.24) is 9.78 Å². The number of nitrogens with zero attached hydrogens (tertiary/aromatic N) is 2. The van der Waals surface area contributed by atoms with Gasteiger partial charge in [0.25, 0.3) is 0 Å². The molecule has 4 nitrogen and oxygen atoms in total. The molecule has 2 atom stereocenters. The van der Waals surface area contributed by atoms with Gasteiger partial charge in [-0.25, -0.2) is 0 Å². The van der Waals surface area contributed by atoms with E-state index in [0.717, 1.165) is 31.7 Å². The van der Waals surface area contributed by atoms with E-state index in [-0.39, 0.29) is 6.10 Å². The fourth-order valence-corrected chi connectivity index (χ4v) is 2.25. The van der Waals surface area contributed by atoms with Gasteiger partial charge in [0.05, 0.1) is 17.9 Å². The number of aryl methyl sites for hydroxylation is 1. The van der Waals surface area contributed by atoms with Crippen LogP contribution in [0, 0.1) is 0 Å². The zero-order chi connectivity index (χ0) is 11.4. The van der Waals surface area contributed by atoms with E-state index >= 15 is 0 Å². The van der Waals surface area contributed by atoms with Gasteiger partial charge in [-0.2, -0.15) is 5.10 Å². The lowest BCUT2D eigenvalue weighted by Crippen LogP contribution is -2.22. The third-order valence-corrected chi connectivity index (χ3v) is 3.15. The summed E-state index contributed by atoms with van der Waals surface area (Å²) in [6.45, 7) is 3.66. The number of ether oxygens (including phenoxy) is 1. The van der Waals surface area contributed by atoms with Crippen molar-refractivity contribution in [3.8, 4) is 0 Å². The average Bonchev–Trinajstić information content (AvgIpc) is 2.78. The Kier molecular flexibility index (Phi) is 3.96. The molecular formula is C12H20N2O2. The molecule has 0 aromatic carbocycles. The van der Waals surface area contributed by atoms with Crippen molar-refractivity contribution < 1.29 is 9.84 Å². The number of aromatic nitrogens is 2. The molecule has 2 rings (SSSR count). The summed E-state index contributed by atoms with van der Waals surface area (Å²) in [7, 11) is 0. The molecule has 1 fully saturated rings. The zero-order valence-electron chi connectivity index (χ0n) is 9.80. The minimum Gasteiger partial charge on any atom is -0.387 e. The lowest BCUT2D eigenvalue weighted by molar-refractivity contribution is -0.0170. The molecule has 1 aliphatic heterocycles. The molecule has 4 heteroatoms. The molecule has 1 aliphatic rings. The van der Waals surface area contributed by atoms with Crippen molar-refractivity contribution in [2.75, 3.05) is 6.61 Å². The highest BCUT2D eigenvalue weighted by Gasteiger charge is 2.21. The molecule has 16 heavy (non-hydrogen) atoms. The van der Waals surface area contributed by atoms with Gasteiger partial charge in [0.2, 0.25) is 0 Å². The van der Waals surface area contributed by atoms with Gasteiger partial charge < -0.3 is 9.84 Å². The Morgan fingerprint density at radius 1 is 1.62 bits per heavy atom. The van der Waals surface area contributed by atoms with Crippen molar-refractivity contribution in [3.63, 3.8) is 0 Å². The standard InChI is InChI=1S/C12H20N2O2/c1-2-14-11(6-7-13-14)12(15)9-10-5-3-4-8-16-10/h6-7,10,12,15H,2-5,8-9H2,1H3. The first-order valence-electron chi connectivity index (χ1n) is 6.12. The summed E-state index contributed by atoms with van der Waals surface area (Å²) in [6.07, 6.45) is 5.62. The second-order valence-electron chi connectivity index (χ2n) is 4.31. The Balaban J connectivity index is 1.93. The van der Waals surface area contributed by atoms with E-state index in [2.05, 4.69) is 5.10 Å². The summed E-state index contributed by atoms with van der Waals surface area (Å²) < 4.78 is 7.47. The lowest BCUT2D eigenvalue weighted by atomic mass is 10.0. The number of hydrogen-bond acceptors (Lipinski definition) is 3. The molecule has 2 heterocycles. The second-order valence-corrected chi connectivity index (χ2v) is 4.31. The van der Waals surface area contributed by atoms with Crippen LogP contribution in [0.3, 0.4) is 0 Å². The maximum atomic E-state index is 10.1. The van der Waals surface area contributed by atoms with E-state index in [1.807, 2.05) is 17.7 Å². The molecule has 0 spiro atoms. The number of aliphatic hydroxyl groups is 1. The van der Waals surface area contributed by atoms with E-state index < -0.39 is 6.10 Å². The van der Waals surface area contributed by atoms with E-state index in [1.165, 1.54) is 6.42 Å². The summed E-state index contributed by atoms with van der Waals surface area (Å²) in [5.74, 6) is 0.